The lowest BCUT2D eigenvalue weighted by Gasteiger charge is -2.44. The summed E-state index contributed by atoms with van der Waals surface area (Å²) in [5.74, 6) is 0.157. The van der Waals surface area contributed by atoms with Gasteiger partial charge in [0.15, 0.2) is 11.3 Å². The maximum atomic E-state index is 6.25. The van der Waals surface area contributed by atoms with Crippen molar-refractivity contribution in [2.24, 2.45) is 10.7 Å². The Morgan fingerprint density at radius 1 is 1.25 bits per heavy atom. The molecule has 3 heterocycles. The maximum absolute atomic E-state index is 6.25. The van der Waals surface area contributed by atoms with Crippen molar-refractivity contribution < 1.29 is 18.9 Å². The molecule has 1 fully saturated rings. The van der Waals surface area contributed by atoms with Gasteiger partial charge in [-0.15, -0.1) is 0 Å². The smallest absolute Gasteiger partial charge is 0.283 e. The lowest BCUT2D eigenvalue weighted by Crippen LogP contribution is -2.47. The third-order valence-electron chi connectivity index (χ3n) is 5.12. The number of fused-ring (bicyclic) bond motifs is 4. The Morgan fingerprint density at radius 2 is 2.08 bits per heavy atom. The van der Waals surface area contributed by atoms with Gasteiger partial charge in [0.1, 0.15) is 18.5 Å². The second-order valence-corrected chi connectivity index (χ2v) is 7.41. The summed E-state index contributed by atoms with van der Waals surface area (Å²) in [6, 6.07) is 6.16. The van der Waals surface area contributed by atoms with E-state index in [0.29, 0.717) is 19.8 Å². The van der Waals surface area contributed by atoms with E-state index in [1.807, 2.05) is 24.3 Å². The summed E-state index contributed by atoms with van der Waals surface area (Å²) in [7, 11) is 0. The minimum absolute atomic E-state index is 0.0737. The fourth-order valence-electron chi connectivity index (χ4n) is 4.05. The molecular weight excluding hydrogens is 376 g/mol. The molecule has 6 nitrogen and oxygen atoms in total. The third-order valence-corrected chi connectivity index (χ3v) is 5.61. The van der Waals surface area contributed by atoms with E-state index in [1.165, 1.54) is 0 Å². The van der Waals surface area contributed by atoms with Crippen molar-refractivity contribution >= 4 is 22.0 Å². The summed E-state index contributed by atoms with van der Waals surface area (Å²) in [5, 5.41) is 0. The molecule has 0 saturated carbocycles. The summed E-state index contributed by atoms with van der Waals surface area (Å²) in [6.07, 6.45) is 3.54. The first-order valence-corrected chi connectivity index (χ1v) is 8.86. The van der Waals surface area contributed by atoms with E-state index in [4.69, 9.17) is 29.7 Å². The highest BCUT2D eigenvalue weighted by Gasteiger charge is 2.54. The zero-order valence-corrected chi connectivity index (χ0v) is 14.5. The van der Waals surface area contributed by atoms with Crippen LogP contribution in [0.4, 0.5) is 0 Å². The van der Waals surface area contributed by atoms with Gasteiger partial charge < -0.3 is 24.7 Å². The van der Waals surface area contributed by atoms with Crippen molar-refractivity contribution in [1.29, 1.82) is 0 Å². The van der Waals surface area contributed by atoms with Gasteiger partial charge in [-0.2, -0.15) is 0 Å². The summed E-state index contributed by atoms with van der Waals surface area (Å²) in [5.41, 5.74) is 7.19. The largest absolute Gasteiger partial charge is 0.486 e. The van der Waals surface area contributed by atoms with Gasteiger partial charge in [-0.05, 0) is 30.7 Å². The molecule has 2 spiro atoms. The van der Waals surface area contributed by atoms with Gasteiger partial charge in [0.2, 0.25) is 0 Å². The fourth-order valence-corrected chi connectivity index (χ4v) is 4.41. The van der Waals surface area contributed by atoms with Crippen molar-refractivity contribution in [3.63, 3.8) is 0 Å². The molecule has 126 valence electrons. The van der Waals surface area contributed by atoms with Gasteiger partial charge in [-0.3, -0.25) is 0 Å². The summed E-state index contributed by atoms with van der Waals surface area (Å²) < 4.78 is 24.6. The molecule has 7 heteroatoms. The molecule has 1 saturated heterocycles. The van der Waals surface area contributed by atoms with E-state index in [9.17, 15) is 0 Å². The van der Waals surface area contributed by atoms with Crippen molar-refractivity contribution in [3.05, 3.63) is 39.9 Å². The van der Waals surface area contributed by atoms with Gasteiger partial charge in [-0.1, -0.05) is 15.9 Å². The van der Waals surface area contributed by atoms with Crippen LogP contribution in [0.15, 0.2) is 39.3 Å². The normalized spacial score (nSPS) is 32.6. The van der Waals surface area contributed by atoms with Gasteiger partial charge in [0.05, 0.1) is 13.2 Å². The topological polar surface area (TPSA) is 75.3 Å². The number of aliphatic imine (C=N–C) groups is 1. The molecule has 5 rings (SSSR count). The van der Waals surface area contributed by atoms with Crippen LogP contribution in [0.3, 0.4) is 0 Å². The van der Waals surface area contributed by atoms with Crippen molar-refractivity contribution in [2.75, 3.05) is 19.8 Å². The second kappa shape index (κ2) is 4.97. The summed E-state index contributed by atoms with van der Waals surface area (Å²) in [6.45, 7) is 1.57. The van der Waals surface area contributed by atoms with Gasteiger partial charge in [-0.25, -0.2) is 4.99 Å². The molecule has 3 aliphatic heterocycles. The van der Waals surface area contributed by atoms with Crippen LogP contribution in [0.2, 0.25) is 0 Å². The average molecular weight is 393 g/mol. The highest BCUT2D eigenvalue weighted by Crippen LogP contribution is 2.52. The average Bonchev–Trinajstić information content (AvgIpc) is 3.18. The zero-order chi connectivity index (χ0) is 16.4. The van der Waals surface area contributed by atoms with Crippen LogP contribution in [0.1, 0.15) is 18.4 Å². The van der Waals surface area contributed by atoms with Crippen LogP contribution in [0, 0.1) is 0 Å². The highest BCUT2D eigenvalue weighted by atomic mass is 79.9. The van der Waals surface area contributed by atoms with E-state index in [-0.39, 0.29) is 12.1 Å². The first-order valence-electron chi connectivity index (χ1n) is 8.06. The number of ether oxygens (including phenoxy) is 4. The first kappa shape index (κ1) is 14.7. The van der Waals surface area contributed by atoms with Crippen LogP contribution in [0.5, 0.6) is 5.75 Å². The Bertz CT molecular complexity index is 772. The molecule has 0 amide bonds. The first-order chi connectivity index (χ1) is 11.6. The predicted octanol–water partition coefficient (Wildman–Crippen LogP) is 2.21. The zero-order valence-electron chi connectivity index (χ0n) is 13.0. The molecule has 0 bridgehead atoms. The van der Waals surface area contributed by atoms with Crippen LogP contribution in [0.25, 0.3) is 0 Å². The van der Waals surface area contributed by atoms with E-state index >= 15 is 0 Å². The minimum Gasteiger partial charge on any atom is -0.486 e. The number of rotatable bonds is 0. The van der Waals surface area contributed by atoms with Crippen LogP contribution in [-0.2, 0) is 19.7 Å². The quantitative estimate of drug-likeness (QED) is 0.685. The molecule has 0 aromatic heterocycles. The molecule has 1 unspecified atom stereocenters. The molecule has 2 N–H and O–H groups in total. The number of hydrogen-bond donors (Lipinski definition) is 1. The minimum atomic E-state index is -0.672. The molecule has 4 aliphatic rings. The molecule has 1 aliphatic carbocycles. The summed E-state index contributed by atoms with van der Waals surface area (Å²) >= 11 is 3.54. The molecule has 2 atom stereocenters. The highest BCUT2D eigenvalue weighted by molar-refractivity contribution is 9.10. The summed E-state index contributed by atoms with van der Waals surface area (Å²) in [4.78, 5) is 4.69. The SMILES string of the molecule is NC1=NC2(CO1)C1=CC3(CC[C@@H]1Oc1ccc(Br)cc12)OCCO3. The molecular formula is C17H17BrN2O4. The Labute approximate surface area is 147 Å². The number of nitrogens with zero attached hydrogens (tertiary/aromatic N) is 1. The van der Waals surface area contributed by atoms with Crippen molar-refractivity contribution in [1.82, 2.24) is 0 Å². The van der Waals surface area contributed by atoms with E-state index < -0.39 is 11.3 Å². The standard InChI is InChI=1S/C17H17BrN2O4/c18-10-1-2-13-11(7-10)17(9-21-15(19)20-17)12-8-16(22-5-6-23-16)4-3-14(12)24-13/h1-2,7-8,14H,3-6,9H2,(H2,19,20)/t14-,17?/m0/s1. The Kier molecular flexibility index (Phi) is 3.05. The van der Waals surface area contributed by atoms with Gasteiger partial charge in [0, 0.05) is 22.0 Å². The monoisotopic (exact) mass is 392 g/mol. The van der Waals surface area contributed by atoms with Crippen molar-refractivity contribution in [2.45, 2.75) is 30.3 Å². The number of halogens is 1. The third kappa shape index (κ3) is 1.98. The van der Waals surface area contributed by atoms with Crippen molar-refractivity contribution in [3.8, 4) is 5.75 Å². The Hall–Kier alpha value is -1.57. The van der Waals surface area contributed by atoms with Crippen LogP contribution in [-0.4, -0.2) is 37.7 Å². The fraction of sp³-hybridized carbons (Fsp3) is 0.471. The Morgan fingerprint density at radius 3 is 2.83 bits per heavy atom. The maximum Gasteiger partial charge on any atom is 0.283 e. The number of nitrogens with two attached hydrogens (primary N) is 1. The van der Waals surface area contributed by atoms with E-state index in [1.54, 1.807) is 0 Å². The van der Waals surface area contributed by atoms with Gasteiger partial charge >= 0.3 is 0 Å². The van der Waals surface area contributed by atoms with E-state index in [2.05, 4.69) is 15.9 Å². The number of hydrogen-bond acceptors (Lipinski definition) is 6. The van der Waals surface area contributed by atoms with E-state index in [0.717, 1.165) is 34.2 Å². The number of amidine groups is 1. The van der Waals surface area contributed by atoms with Crippen LogP contribution >= 0.6 is 15.9 Å². The lowest BCUT2D eigenvalue weighted by molar-refractivity contribution is -0.132. The molecule has 1 aromatic carbocycles. The molecule has 1 aromatic rings. The van der Waals surface area contributed by atoms with Gasteiger partial charge in [0.25, 0.3) is 6.02 Å². The number of benzene rings is 1. The predicted molar refractivity (Wildman–Crippen MR) is 89.8 cm³/mol. The molecule has 0 radical (unpaired) electrons. The lowest BCUT2D eigenvalue weighted by atomic mass is 9.74. The Balaban J connectivity index is 1.73. The second-order valence-electron chi connectivity index (χ2n) is 6.49. The molecule has 24 heavy (non-hydrogen) atoms. The van der Waals surface area contributed by atoms with Crippen LogP contribution < -0.4 is 10.5 Å².